The summed E-state index contributed by atoms with van der Waals surface area (Å²) in [6.07, 6.45) is -2.69. The molecule has 8 heteroatoms. The van der Waals surface area contributed by atoms with Crippen molar-refractivity contribution in [2.75, 3.05) is 6.54 Å². The first-order valence-corrected chi connectivity index (χ1v) is 7.84. The Morgan fingerprint density at radius 1 is 1.28 bits per heavy atom. The molecule has 1 aliphatic heterocycles. The number of fused-ring (bicyclic) bond motifs is 1. The van der Waals surface area contributed by atoms with Gasteiger partial charge in [0.05, 0.1) is 29.7 Å². The van der Waals surface area contributed by atoms with Crippen molar-refractivity contribution in [3.05, 3.63) is 63.3 Å². The van der Waals surface area contributed by atoms with Crippen LogP contribution >= 0.6 is 0 Å². The minimum Gasteiger partial charge on any atom is -0.338 e. The standard InChI is InChI=1S/C17H16F3N3O2/c18-17(19,20)13-4-2-1-3-11(13)5-6-15(24)23-8-7-14-12(9-23)16(25)22-10-21-14/h1-4,10H,5-9H2,(H,21,22,25). The van der Waals surface area contributed by atoms with Crippen molar-refractivity contribution >= 4 is 5.91 Å². The van der Waals surface area contributed by atoms with Gasteiger partial charge < -0.3 is 9.88 Å². The number of hydrogen-bond acceptors (Lipinski definition) is 3. The molecule has 1 N–H and O–H groups in total. The van der Waals surface area contributed by atoms with Crippen molar-refractivity contribution < 1.29 is 18.0 Å². The maximum atomic E-state index is 13.0. The first kappa shape index (κ1) is 17.2. The third-order valence-electron chi connectivity index (χ3n) is 4.29. The maximum Gasteiger partial charge on any atom is 0.416 e. The summed E-state index contributed by atoms with van der Waals surface area (Å²) in [7, 11) is 0. The topological polar surface area (TPSA) is 66.1 Å². The highest BCUT2D eigenvalue weighted by Crippen LogP contribution is 2.32. The Morgan fingerprint density at radius 2 is 2.04 bits per heavy atom. The third kappa shape index (κ3) is 3.72. The fraction of sp³-hybridized carbons (Fsp3) is 0.353. The van der Waals surface area contributed by atoms with Crippen LogP contribution in [0.5, 0.6) is 0 Å². The van der Waals surface area contributed by atoms with Gasteiger partial charge in [0.15, 0.2) is 0 Å². The van der Waals surface area contributed by atoms with Gasteiger partial charge in [0.1, 0.15) is 0 Å². The molecule has 1 amide bonds. The molecule has 0 unspecified atom stereocenters. The zero-order valence-electron chi connectivity index (χ0n) is 13.3. The van der Waals surface area contributed by atoms with Crippen LogP contribution in [0.2, 0.25) is 0 Å². The van der Waals surface area contributed by atoms with Gasteiger partial charge >= 0.3 is 6.18 Å². The summed E-state index contributed by atoms with van der Waals surface area (Å²) in [5, 5.41) is 0. The van der Waals surface area contributed by atoms with E-state index in [4.69, 9.17) is 0 Å². The molecule has 1 aromatic heterocycles. The van der Waals surface area contributed by atoms with Gasteiger partial charge in [0.2, 0.25) is 5.91 Å². The smallest absolute Gasteiger partial charge is 0.338 e. The lowest BCUT2D eigenvalue weighted by Gasteiger charge is -2.27. The number of halogens is 3. The number of nitrogens with one attached hydrogen (secondary N) is 1. The van der Waals surface area contributed by atoms with Crippen LogP contribution in [-0.4, -0.2) is 27.3 Å². The van der Waals surface area contributed by atoms with Gasteiger partial charge in [-0.2, -0.15) is 13.2 Å². The Labute approximate surface area is 141 Å². The number of aromatic nitrogens is 2. The van der Waals surface area contributed by atoms with Gasteiger partial charge in [0.25, 0.3) is 5.56 Å². The van der Waals surface area contributed by atoms with E-state index in [2.05, 4.69) is 9.97 Å². The molecule has 1 aromatic carbocycles. The van der Waals surface area contributed by atoms with E-state index >= 15 is 0 Å². The van der Waals surface area contributed by atoms with E-state index in [1.807, 2.05) is 0 Å². The average molecular weight is 351 g/mol. The molecule has 3 rings (SSSR count). The van der Waals surface area contributed by atoms with E-state index in [0.717, 1.165) is 6.07 Å². The van der Waals surface area contributed by atoms with E-state index in [-0.39, 0.29) is 36.4 Å². The lowest BCUT2D eigenvalue weighted by molar-refractivity contribution is -0.138. The maximum absolute atomic E-state index is 13.0. The lowest BCUT2D eigenvalue weighted by Crippen LogP contribution is -2.39. The number of alkyl halides is 3. The summed E-state index contributed by atoms with van der Waals surface area (Å²) >= 11 is 0. The molecule has 1 aliphatic rings. The Morgan fingerprint density at radius 3 is 2.80 bits per heavy atom. The Bertz CT molecular complexity index is 846. The van der Waals surface area contributed by atoms with Crippen LogP contribution in [0.3, 0.4) is 0 Å². The van der Waals surface area contributed by atoms with Gasteiger partial charge in [0, 0.05) is 19.4 Å². The van der Waals surface area contributed by atoms with Crippen LogP contribution in [0.15, 0.2) is 35.4 Å². The minimum atomic E-state index is -4.44. The SMILES string of the molecule is O=C(CCc1ccccc1C(F)(F)F)N1CCc2nc[nH]c(=O)c2C1. The molecule has 0 saturated carbocycles. The number of rotatable bonds is 3. The molecule has 0 fully saturated rings. The predicted molar refractivity (Wildman–Crippen MR) is 83.7 cm³/mol. The number of aromatic amines is 1. The van der Waals surface area contributed by atoms with Crippen LogP contribution in [-0.2, 0) is 30.4 Å². The molecule has 0 atom stereocenters. The van der Waals surface area contributed by atoms with Crippen molar-refractivity contribution in [2.24, 2.45) is 0 Å². The third-order valence-corrected chi connectivity index (χ3v) is 4.29. The summed E-state index contributed by atoms with van der Waals surface area (Å²) in [5.41, 5.74) is 0.200. The second-order valence-corrected chi connectivity index (χ2v) is 5.88. The lowest BCUT2D eigenvalue weighted by atomic mass is 10.0. The minimum absolute atomic E-state index is 0.00126. The normalized spacial score (nSPS) is 14.3. The molecule has 132 valence electrons. The highest BCUT2D eigenvalue weighted by atomic mass is 19.4. The van der Waals surface area contributed by atoms with Gasteiger partial charge in [-0.3, -0.25) is 9.59 Å². The van der Waals surface area contributed by atoms with Crippen molar-refractivity contribution in [1.82, 2.24) is 14.9 Å². The first-order valence-electron chi connectivity index (χ1n) is 7.84. The summed E-state index contributed by atoms with van der Waals surface area (Å²) in [5.74, 6) is -0.272. The molecule has 0 aliphatic carbocycles. The number of benzene rings is 1. The zero-order valence-corrected chi connectivity index (χ0v) is 13.3. The monoisotopic (exact) mass is 351 g/mol. The number of hydrogen-bond donors (Lipinski definition) is 1. The molecule has 0 radical (unpaired) electrons. The van der Waals surface area contributed by atoms with Crippen LogP contribution in [0.4, 0.5) is 13.2 Å². The number of aryl methyl sites for hydroxylation is 1. The van der Waals surface area contributed by atoms with Gasteiger partial charge in [-0.25, -0.2) is 4.98 Å². The van der Waals surface area contributed by atoms with Crippen molar-refractivity contribution in [1.29, 1.82) is 0 Å². The molecule has 2 heterocycles. The van der Waals surface area contributed by atoms with Crippen LogP contribution in [0.1, 0.15) is 28.8 Å². The first-order chi connectivity index (χ1) is 11.9. The summed E-state index contributed by atoms with van der Waals surface area (Å²) in [4.78, 5) is 32.2. The van der Waals surface area contributed by atoms with E-state index in [0.29, 0.717) is 24.2 Å². The summed E-state index contributed by atoms with van der Waals surface area (Å²) < 4.78 is 39.0. The van der Waals surface area contributed by atoms with E-state index in [1.54, 1.807) is 0 Å². The molecule has 0 bridgehead atoms. The second-order valence-electron chi connectivity index (χ2n) is 5.88. The number of amides is 1. The van der Waals surface area contributed by atoms with E-state index < -0.39 is 11.7 Å². The molecule has 2 aromatic rings. The summed E-state index contributed by atoms with van der Waals surface area (Å²) in [6.45, 7) is 0.543. The quantitative estimate of drug-likeness (QED) is 0.923. The average Bonchev–Trinajstić information content (AvgIpc) is 2.59. The molecular formula is C17H16F3N3O2. The van der Waals surface area contributed by atoms with E-state index in [9.17, 15) is 22.8 Å². The van der Waals surface area contributed by atoms with Crippen LogP contribution in [0, 0.1) is 0 Å². The Kier molecular flexibility index (Phi) is 4.61. The van der Waals surface area contributed by atoms with E-state index in [1.165, 1.54) is 29.4 Å². The molecule has 0 saturated heterocycles. The highest BCUT2D eigenvalue weighted by molar-refractivity contribution is 5.76. The van der Waals surface area contributed by atoms with Crippen molar-refractivity contribution in [2.45, 2.75) is 32.0 Å². The highest BCUT2D eigenvalue weighted by Gasteiger charge is 2.33. The Balaban J connectivity index is 1.69. The van der Waals surface area contributed by atoms with Crippen LogP contribution < -0.4 is 5.56 Å². The summed E-state index contributed by atoms with van der Waals surface area (Å²) in [6, 6.07) is 5.25. The number of carbonyl (C=O) groups is 1. The zero-order chi connectivity index (χ0) is 18.0. The van der Waals surface area contributed by atoms with Crippen LogP contribution in [0.25, 0.3) is 0 Å². The van der Waals surface area contributed by atoms with Gasteiger partial charge in [-0.05, 0) is 18.1 Å². The second kappa shape index (κ2) is 6.70. The fourth-order valence-corrected chi connectivity index (χ4v) is 2.98. The largest absolute Gasteiger partial charge is 0.416 e. The fourth-order valence-electron chi connectivity index (χ4n) is 2.98. The Hall–Kier alpha value is -2.64. The molecular weight excluding hydrogens is 335 g/mol. The van der Waals surface area contributed by atoms with Gasteiger partial charge in [-0.1, -0.05) is 18.2 Å². The molecule has 25 heavy (non-hydrogen) atoms. The number of carbonyl (C=O) groups excluding carboxylic acids is 1. The van der Waals surface area contributed by atoms with Gasteiger partial charge in [-0.15, -0.1) is 0 Å². The number of nitrogens with zero attached hydrogens (tertiary/aromatic N) is 2. The van der Waals surface area contributed by atoms with Crippen molar-refractivity contribution in [3.63, 3.8) is 0 Å². The van der Waals surface area contributed by atoms with Crippen molar-refractivity contribution in [3.8, 4) is 0 Å². The molecule has 0 spiro atoms. The molecule has 5 nitrogen and oxygen atoms in total. The number of H-pyrrole nitrogens is 1. The predicted octanol–water partition coefficient (Wildman–Crippen LogP) is 2.31.